The van der Waals surface area contributed by atoms with Crippen LogP contribution in [0.5, 0.6) is 0 Å². The Balaban J connectivity index is 1.66. The first-order chi connectivity index (χ1) is 13.0. The Morgan fingerprint density at radius 1 is 1.26 bits per heavy atom. The second-order valence-electron chi connectivity index (χ2n) is 8.86. The molecule has 2 fully saturated rings. The Hall–Kier alpha value is -1.88. The minimum atomic E-state index is 0.189. The molecular formula is C22H32N4O. The number of amides is 1. The lowest BCUT2D eigenvalue weighted by atomic mass is 9.90. The molecule has 5 heteroatoms. The van der Waals surface area contributed by atoms with Gasteiger partial charge in [-0.25, -0.2) is 0 Å². The molecule has 2 saturated heterocycles. The number of piperidine rings is 2. The molecule has 2 aliphatic heterocycles. The lowest BCUT2D eigenvalue weighted by Crippen LogP contribution is -2.39. The molecule has 146 valence electrons. The number of likely N-dealkylation sites (tertiary alicyclic amines) is 2. The van der Waals surface area contributed by atoms with Crippen LogP contribution < -0.4 is 0 Å². The minimum absolute atomic E-state index is 0.189. The fourth-order valence-corrected chi connectivity index (χ4v) is 5.25. The fraction of sp³-hybridized carbons (Fsp3) is 0.636. The number of pyridine rings is 1. The van der Waals surface area contributed by atoms with Gasteiger partial charge in [0.15, 0.2) is 0 Å². The number of aromatic nitrogens is 2. The van der Waals surface area contributed by atoms with E-state index < -0.39 is 0 Å². The minimum Gasteiger partial charge on any atom is -0.357 e. The van der Waals surface area contributed by atoms with E-state index in [1.165, 1.54) is 17.7 Å². The first kappa shape index (κ1) is 18.5. The number of fused-ring (bicyclic) bond motifs is 1. The number of aromatic amines is 1. The summed E-state index contributed by atoms with van der Waals surface area (Å²) < 4.78 is 0. The molecule has 2 aromatic heterocycles. The van der Waals surface area contributed by atoms with Gasteiger partial charge in [0, 0.05) is 63.0 Å². The zero-order valence-electron chi connectivity index (χ0n) is 16.9. The highest BCUT2D eigenvalue weighted by atomic mass is 16.2. The smallest absolute Gasteiger partial charge is 0.219 e. The maximum atomic E-state index is 11.9. The van der Waals surface area contributed by atoms with Gasteiger partial charge in [-0.1, -0.05) is 13.8 Å². The van der Waals surface area contributed by atoms with E-state index in [1.54, 1.807) is 6.92 Å². The van der Waals surface area contributed by atoms with E-state index >= 15 is 0 Å². The van der Waals surface area contributed by atoms with Crippen molar-refractivity contribution >= 4 is 16.9 Å². The van der Waals surface area contributed by atoms with E-state index in [1.807, 2.05) is 17.2 Å². The van der Waals surface area contributed by atoms with Crippen LogP contribution in [0.25, 0.3) is 11.0 Å². The molecule has 0 radical (unpaired) electrons. The summed E-state index contributed by atoms with van der Waals surface area (Å²) in [7, 11) is 0. The molecule has 27 heavy (non-hydrogen) atoms. The highest BCUT2D eigenvalue weighted by molar-refractivity contribution is 5.80. The SMILES string of the molecule is CC(=O)N1CCC[C@H](c2[nH]c3cccnc3c2CN2C[C@@H](C)C[C@H](C)C2)C1. The van der Waals surface area contributed by atoms with E-state index in [4.69, 9.17) is 4.98 Å². The average Bonchev–Trinajstić information content (AvgIpc) is 3.00. The normalized spacial score (nSPS) is 27.2. The lowest BCUT2D eigenvalue weighted by Gasteiger charge is -2.36. The van der Waals surface area contributed by atoms with E-state index in [0.29, 0.717) is 5.92 Å². The highest BCUT2D eigenvalue weighted by Gasteiger charge is 2.29. The monoisotopic (exact) mass is 368 g/mol. The fourth-order valence-electron chi connectivity index (χ4n) is 5.25. The van der Waals surface area contributed by atoms with Gasteiger partial charge in [0.25, 0.3) is 0 Å². The number of rotatable bonds is 3. The molecule has 2 aliphatic rings. The van der Waals surface area contributed by atoms with Crippen molar-refractivity contribution in [3.05, 3.63) is 29.6 Å². The summed E-state index contributed by atoms with van der Waals surface area (Å²) in [5.74, 6) is 2.07. The second-order valence-corrected chi connectivity index (χ2v) is 8.86. The molecule has 0 saturated carbocycles. The van der Waals surface area contributed by atoms with Crippen molar-refractivity contribution in [1.29, 1.82) is 0 Å². The molecule has 0 aliphatic carbocycles. The molecule has 0 unspecified atom stereocenters. The molecule has 5 nitrogen and oxygen atoms in total. The van der Waals surface area contributed by atoms with Crippen molar-refractivity contribution in [2.45, 2.75) is 52.5 Å². The van der Waals surface area contributed by atoms with E-state index in [9.17, 15) is 4.79 Å². The first-order valence-electron chi connectivity index (χ1n) is 10.4. The molecule has 3 atom stereocenters. The van der Waals surface area contributed by atoms with Crippen molar-refractivity contribution in [2.24, 2.45) is 11.8 Å². The van der Waals surface area contributed by atoms with Crippen LogP contribution in [0.4, 0.5) is 0 Å². The number of carbonyl (C=O) groups is 1. The van der Waals surface area contributed by atoms with Crippen LogP contribution in [0.3, 0.4) is 0 Å². The van der Waals surface area contributed by atoms with Crippen molar-refractivity contribution < 1.29 is 4.79 Å². The first-order valence-corrected chi connectivity index (χ1v) is 10.4. The van der Waals surface area contributed by atoms with Crippen LogP contribution in [0.15, 0.2) is 18.3 Å². The van der Waals surface area contributed by atoms with Gasteiger partial charge in [0.1, 0.15) is 0 Å². The third-order valence-corrected chi connectivity index (χ3v) is 6.29. The van der Waals surface area contributed by atoms with Gasteiger partial charge in [-0.3, -0.25) is 14.7 Å². The number of H-pyrrole nitrogens is 1. The van der Waals surface area contributed by atoms with Crippen molar-refractivity contribution in [3.63, 3.8) is 0 Å². The Labute approximate surface area is 162 Å². The molecule has 1 amide bonds. The Morgan fingerprint density at radius 3 is 2.78 bits per heavy atom. The van der Waals surface area contributed by atoms with Gasteiger partial charge in [-0.2, -0.15) is 0 Å². The summed E-state index contributed by atoms with van der Waals surface area (Å²) in [6, 6.07) is 4.13. The van der Waals surface area contributed by atoms with E-state index in [-0.39, 0.29) is 5.91 Å². The van der Waals surface area contributed by atoms with E-state index in [2.05, 4.69) is 29.8 Å². The van der Waals surface area contributed by atoms with Crippen LogP contribution in [0.2, 0.25) is 0 Å². The summed E-state index contributed by atoms with van der Waals surface area (Å²) in [5, 5.41) is 0. The number of carbonyl (C=O) groups excluding carboxylic acids is 1. The maximum absolute atomic E-state index is 11.9. The largest absolute Gasteiger partial charge is 0.357 e. The standard InChI is InChI=1S/C22H32N4O/c1-15-10-16(2)12-25(11-15)14-19-21(24-20-7-4-8-23-22(19)20)18-6-5-9-26(13-18)17(3)27/h4,7-8,15-16,18,24H,5-6,9-14H2,1-3H3/t15-,16-,18-/m0/s1. The maximum Gasteiger partial charge on any atom is 0.219 e. The third-order valence-electron chi connectivity index (χ3n) is 6.29. The van der Waals surface area contributed by atoms with Gasteiger partial charge in [0.05, 0.1) is 11.0 Å². The Morgan fingerprint density at radius 2 is 2.04 bits per heavy atom. The zero-order chi connectivity index (χ0) is 19.0. The average molecular weight is 369 g/mol. The summed E-state index contributed by atoms with van der Waals surface area (Å²) >= 11 is 0. The van der Waals surface area contributed by atoms with Gasteiger partial charge in [-0.05, 0) is 43.2 Å². The molecule has 0 spiro atoms. The molecular weight excluding hydrogens is 336 g/mol. The Bertz CT molecular complexity index is 804. The van der Waals surface area contributed by atoms with Gasteiger partial charge < -0.3 is 9.88 Å². The molecule has 2 aromatic rings. The number of hydrogen-bond donors (Lipinski definition) is 1. The third kappa shape index (κ3) is 3.88. The number of nitrogens with one attached hydrogen (secondary N) is 1. The Kier molecular flexibility index (Phi) is 5.22. The van der Waals surface area contributed by atoms with E-state index in [0.717, 1.165) is 68.4 Å². The lowest BCUT2D eigenvalue weighted by molar-refractivity contribution is -0.130. The molecule has 0 bridgehead atoms. The highest BCUT2D eigenvalue weighted by Crippen LogP contribution is 2.34. The predicted octanol–water partition coefficient (Wildman–Crippen LogP) is 3.77. The molecule has 4 heterocycles. The summed E-state index contributed by atoms with van der Waals surface area (Å²) in [5.41, 5.74) is 4.89. The predicted molar refractivity (Wildman–Crippen MR) is 109 cm³/mol. The molecule has 1 N–H and O–H groups in total. The van der Waals surface area contributed by atoms with Crippen molar-refractivity contribution in [3.8, 4) is 0 Å². The molecule has 0 aromatic carbocycles. The van der Waals surface area contributed by atoms with Crippen molar-refractivity contribution in [2.75, 3.05) is 26.2 Å². The summed E-state index contributed by atoms with van der Waals surface area (Å²) in [4.78, 5) is 24.9. The topological polar surface area (TPSA) is 52.2 Å². The number of hydrogen-bond acceptors (Lipinski definition) is 3. The van der Waals surface area contributed by atoms with Crippen LogP contribution in [0.1, 0.15) is 57.2 Å². The van der Waals surface area contributed by atoms with Crippen molar-refractivity contribution in [1.82, 2.24) is 19.8 Å². The van der Waals surface area contributed by atoms with Crippen LogP contribution >= 0.6 is 0 Å². The second kappa shape index (κ2) is 7.63. The van der Waals surface area contributed by atoms with Gasteiger partial charge in [0.2, 0.25) is 5.91 Å². The zero-order valence-corrected chi connectivity index (χ0v) is 16.9. The number of nitrogens with zero attached hydrogens (tertiary/aromatic N) is 3. The van der Waals surface area contributed by atoms with Crippen LogP contribution in [-0.4, -0.2) is 51.9 Å². The van der Waals surface area contributed by atoms with Gasteiger partial charge in [-0.15, -0.1) is 0 Å². The summed E-state index contributed by atoms with van der Waals surface area (Å²) in [6.45, 7) is 11.4. The summed E-state index contributed by atoms with van der Waals surface area (Å²) in [6.07, 6.45) is 5.43. The van der Waals surface area contributed by atoms with Crippen LogP contribution in [-0.2, 0) is 11.3 Å². The van der Waals surface area contributed by atoms with Gasteiger partial charge >= 0.3 is 0 Å². The van der Waals surface area contributed by atoms with Crippen LogP contribution in [0, 0.1) is 11.8 Å². The quantitative estimate of drug-likeness (QED) is 0.897. The molecule has 4 rings (SSSR count).